The Balaban J connectivity index is 0.000000516. The van der Waals surface area contributed by atoms with Crippen LogP contribution < -0.4 is 20.7 Å². The third-order valence-corrected chi connectivity index (χ3v) is 3.43. The van der Waals surface area contributed by atoms with E-state index in [0.717, 1.165) is 19.4 Å². The summed E-state index contributed by atoms with van der Waals surface area (Å²) in [6, 6.07) is 6.19. The van der Waals surface area contributed by atoms with Crippen molar-refractivity contribution < 1.29 is 42.2 Å². The molecule has 2 rings (SSSR count). The molecular weight excluding hydrogens is 399 g/mol. The average molecular weight is 419 g/mol. The number of esters is 1. The van der Waals surface area contributed by atoms with Gasteiger partial charge in [-0.05, 0) is 43.7 Å². The second-order valence-electron chi connectivity index (χ2n) is 5.85. The molecule has 12 heteroatoms. The predicted octanol–water partition coefficient (Wildman–Crippen LogP) is 1.05. The van der Waals surface area contributed by atoms with Crippen molar-refractivity contribution in [1.82, 2.24) is 10.6 Å². The van der Waals surface area contributed by atoms with E-state index >= 15 is 0 Å². The molecule has 1 aromatic rings. The van der Waals surface area contributed by atoms with Gasteiger partial charge in [-0.2, -0.15) is 13.2 Å². The highest BCUT2D eigenvalue weighted by atomic mass is 19.4. The van der Waals surface area contributed by atoms with Gasteiger partial charge in [0.2, 0.25) is 11.8 Å². The summed E-state index contributed by atoms with van der Waals surface area (Å²) >= 11 is 0. The molecule has 0 saturated carbocycles. The number of carboxylic acid groups (broad SMARTS) is 1. The molecule has 0 radical (unpaired) electrons. The van der Waals surface area contributed by atoms with Crippen molar-refractivity contribution >= 4 is 29.4 Å². The van der Waals surface area contributed by atoms with E-state index in [1.165, 1.54) is 6.92 Å². The van der Waals surface area contributed by atoms with Crippen LogP contribution in [0.1, 0.15) is 19.8 Å². The fraction of sp³-hybridized carbons (Fsp3) is 0.412. The summed E-state index contributed by atoms with van der Waals surface area (Å²) < 4.78 is 36.8. The number of halogens is 3. The SMILES string of the molecule is CC(=O)Nc1ccc(OC(=O)CNC(=O)[C@@H]2CCCN2)cc1.O=C(O)C(F)(F)F. The van der Waals surface area contributed by atoms with Gasteiger partial charge >= 0.3 is 18.1 Å². The van der Waals surface area contributed by atoms with Crippen molar-refractivity contribution in [3.8, 4) is 5.75 Å². The number of amides is 2. The smallest absolute Gasteiger partial charge is 0.475 e. The number of carbonyl (C=O) groups is 4. The molecule has 160 valence electrons. The predicted molar refractivity (Wildman–Crippen MR) is 94.1 cm³/mol. The van der Waals surface area contributed by atoms with Gasteiger partial charge in [0, 0.05) is 12.6 Å². The number of rotatable bonds is 5. The molecule has 1 saturated heterocycles. The number of nitrogens with one attached hydrogen (secondary N) is 3. The molecule has 1 heterocycles. The van der Waals surface area contributed by atoms with Crippen LogP contribution in [0.5, 0.6) is 5.75 Å². The Bertz CT molecular complexity index is 731. The zero-order chi connectivity index (χ0) is 22.0. The number of alkyl halides is 3. The lowest BCUT2D eigenvalue weighted by molar-refractivity contribution is -0.192. The minimum atomic E-state index is -5.08. The van der Waals surface area contributed by atoms with Gasteiger partial charge in [0.1, 0.15) is 12.3 Å². The van der Waals surface area contributed by atoms with E-state index in [2.05, 4.69) is 16.0 Å². The van der Waals surface area contributed by atoms with Crippen molar-refractivity contribution in [3.63, 3.8) is 0 Å². The largest absolute Gasteiger partial charge is 0.490 e. The van der Waals surface area contributed by atoms with Crippen molar-refractivity contribution in [1.29, 1.82) is 0 Å². The van der Waals surface area contributed by atoms with Crippen LogP contribution in [0.15, 0.2) is 24.3 Å². The van der Waals surface area contributed by atoms with Gasteiger partial charge in [0.15, 0.2) is 0 Å². The summed E-state index contributed by atoms with van der Waals surface area (Å²) in [6.07, 6.45) is -3.34. The monoisotopic (exact) mass is 419 g/mol. The number of benzene rings is 1. The highest BCUT2D eigenvalue weighted by Gasteiger charge is 2.38. The number of anilines is 1. The number of hydrogen-bond donors (Lipinski definition) is 4. The normalized spacial score (nSPS) is 15.5. The zero-order valence-corrected chi connectivity index (χ0v) is 15.3. The minimum absolute atomic E-state index is 0.173. The van der Waals surface area contributed by atoms with Crippen LogP contribution in [-0.2, 0) is 19.2 Å². The van der Waals surface area contributed by atoms with Crippen LogP contribution in [0.3, 0.4) is 0 Å². The number of carbonyl (C=O) groups excluding carboxylic acids is 3. The lowest BCUT2D eigenvalue weighted by Gasteiger charge is -2.11. The van der Waals surface area contributed by atoms with Gasteiger partial charge in [0.25, 0.3) is 0 Å². The van der Waals surface area contributed by atoms with Crippen molar-refractivity contribution in [2.45, 2.75) is 32.0 Å². The molecule has 0 spiro atoms. The van der Waals surface area contributed by atoms with Gasteiger partial charge in [-0.1, -0.05) is 0 Å². The van der Waals surface area contributed by atoms with Gasteiger partial charge in [-0.25, -0.2) is 9.59 Å². The lowest BCUT2D eigenvalue weighted by Crippen LogP contribution is -2.43. The van der Waals surface area contributed by atoms with E-state index in [4.69, 9.17) is 14.6 Å². The van der Waals surface area contributed by atoms with Crippen molar-refractivity contribution in [2.24, 2.45) is 0 Å². The van der Waals surface area contributed by atoms with Gasteiger partial charge < -0.3 is 25.8 Å². The van der Waals surface area contributed by atoms with Crippen LogP contribution in [-0.4, -0.2) is 54.2 Å². The highest BCUT2D eigenvalue weighted by molar-refractivity contribution is 5.89. The second kappa shape index (κ2) is 11.0. The molecule has 0 aromatic heterocycles. The number of hydrogen-bond acceptors (Lipinski definition) is 6. The van der Waals surface area contributed by atoms with Crippen LogP contribution >= 0.6 is 0 Å². The van der Waals surface area contributed by atoms with Gasteiger partial charge in [-0.3, -0.25) is 9.59 Å². The first-order chi connectivity index (χ1) is 13.5. The average Bonchev–Trinajstić information content (AvgIpc) is 3.15. The lowest BCUT2D eigenvalue weighted by atomic mass is 10.2. The van der Waals surface area contributed by atoms with Crippen LogP contribution in [0.2, 0.25) is 0 Å². The molecule has 4 N–H and O–H groups in total. The van der Waals surface area contributed by atoms with E-state index in [1.807, 2.05) is 0 Å². The Morgan fingerprint density at radius 2 is 1.79 bits per heavy atom. The summed E-state index contributed by atoms with van der Waals surface area (Å²) in [5, 5.41) is 15.3. The van der Waals surface area contributed by atoms with Crippen molar-refractivity contribution in [3.05, 3.63) is 24.3 Å². The third kappa shape index (κ3) is 9.55. The maximum absolute atomic E-state index is 11.7. The van der Waals surface area contributed by atoms with E-state index in [0.29, 0.717) is 11.4 Å². The summed E-state index contributed by atoms with van der Waals surface area (Å²) in [5.41, 5.74) is 0.618. The Kier molecular flexibility index (Phi) is 9.06. The number of aliphatic carboxylic acids is 1. The summed E-state index contributed by atoms with van der Waals surface area (Å²) in [4.78, 5) is 43.2. The molecular formula is C17H20F3N3O6. The number of carboxylic acids is 1. The van der Waals surface area contributed by atoms with E-state index in [-0.39, 0.29) is 24.4 Å². The summed E-state index contributed by atoms with van der Waals surface area (Å²) in [6.45, 7) is 2.06. The molecule has 1 atom stereocenters. The van der Waals surface area contributed by atoms with E-state index in [1.54, 1.807) is 24.3 Å². The molecule has 1 aliphatic rings. The maximum atomic E-state index is 11.7. The Morgan fingerprint density at radius 3 is 2.24 bits per heavy atom. The fourth-order valence-corrected chi connectivity index (χ4v) is 2.17. The Morgan fingerprint density at radius 1 is 1.21 bits per heavy atom. The van der Waals surface area contributed by atoms with Crippen molar-refractivity contribution in [2.75, 3.05) is 18.4 Å². The Labute approximate surface area is 163 Å². The van der Waals surface area contributed by atoms with Gasteiger partial charge in [0.05, 0.1) is 6.04 Å². The first-order valence-electron chi connectivity index (χ1n) is 8.38. The maximum Gasteiger partial charge on any atom is 0.490 e. The van der Waals surface area contributed by atoms with Crippen LogP contribution in [0.4, 0.5) is 18.9 Å². The van der Waals surface area contributed by atoms with E-state index < -0.39 is 18.1 Å². The molecule has 9 nitrogen and oxygen atoms in total. The fourth-order valence-electron chi connectivity index (χ4n) is 2.17. The standard InChI is InChI=1S/C15H19N3O4.C2HF3O2/c1-10(19)18-11-4-6-12(7-5-11)22-14(20)9-17-15(21)13-3-2-8-16-13;3-2(4,5)1(6)7/h4-7,13,16H,2-3,8-9H2,1H3,(H,17,21)(H,18,19);(H,6,7)/t13-;/m0./s1. The molecule has 1 fully saturated rings. The number of ether oxygens (including phenoxy) is 1. The molecule has 1 aliphatic heterocycles. The zero-order valence-electron chi connectivity index (χ0n) is 15.3. The molecule has 29 heavy (non-hydrogen) atoms. The summed E-state index contributed by atoms with van der Waals surface area (Å²) in [5.74, 6) is -3.30. The van der Waals surface area contributed by atoms with E-state index in [9.17, 15) is 27.6 Å². The Hall–Kier alpha value is -3.15. The molecule has 0 aliphatic carbocycles. The van der Waals surface area contributed by atoms with Gasteiger partial charge in [-0.15, -0.1) is 0 Å². The van der Waals surface area contributed by atoms with Crippen LogP contribution in [0, 0.1) is 0 Å². The quantitative estimate of drug-likeness (QED) is 0.414. The topological polar surface area (TPSA) is 134 Å². The molecule has 0 bridgehead atoms. The second-order valence-corrected chi connectivity index (χ2v) is 5.85. The molecule has 2 amide bonds. The summed E-state index contributed by atoms with van der Waals surface area (Å²) in [7, 11) is 0. The van der Waals surface area contributed by atoms with Crippen LogP contribution in [0.25, 0.3) is 0 Å². The third-order valence-electron chi connectivity index (χ3n) is 3.43. The molecule has 0 unspecified atom stereocenters. The minimum Gasteiger partial charge on any atom is -0.475 e. The highest BCUT2D eigenvalue weighted by Crippen LogP contribution is 2.15. The molecule has 1 aromatic carbocycles. The first-order valence-corrected chi connectivity index (χ1v) is 8.38. The first kappa shape index (κ1) is 23.9.